The average molecular weight is 383 g/mol. The molecule has 1 aromatic carbocycles. The predicted molar refractivity (Wildman–Crippen MR) is 73.7 cm³/mol. The van der Waals surface area contributed by atoms with E-state index in [1.807, 2.05) is 6.07 Å². The second-order valence-electron chi connectivity index (χ2n) is 2.85. The smallest absolute Gasteiger partial charge is 0.133 e. The Hall–Kier alpha value is 0.190. The topological polar surface area (TPSA) is 9.23 Å². The average Bonchev–Trinajstić information content (AvgIpc) is 2.62. The fraction of sp³-hybridized carbons (Fsp3) is 0.200. The Morgan fingerprint density at radius 1 is 1.50 bits per heavy atom. The maximum Gasteiger partial charge on any atom is 0.133 e. The van der Waals surface area contributed by atoms with Gasteiger partial charge in [-0.05, 0) is 51.1 Å². The lowest BCUT2D eigenvalue weighted by atomic mass is 10.2. The third-order valence-corrected chi connectivity index (χ3v) is 5.19. The molecule has 4 heteroatoms. The summed E-state index contributed by atoms with van der Waals surface area (Å²) in [5, 5.41) is 4.44. The van der Waals surface area contributed by atoms with E-state index in [1.165, 1.54) is 19.2 Å². The maximum atomic E-state index is 5.28. The van der Waals surface area contributed by atoms with Crippen molar-refractivity contribution in [3.8, 4) is 5.75 Å². The summed E-state index contributed by atoms with van der Waals surface area (Å²) in [6.45, 7) is 0. The number of benzene rings is 1. The van der Waals surface area contributed by atoms with Gasteiger partial charge in [0.15, 0.2) is 0 Å². The molecule has 0 aliphatic carbocycles. The van der Waals surface area contributed by atoms with E-state index in [9.17, 15) is 0 Å². The van der Waals surface area contributed by atoms with Crippen LogP contribution in [0.2, 0.25) is 0 Å². The van der Waals surface area contributed by atoms with E-state index in [-0.39, 0.29) is 0 Å². The zero-order valence-corrected chi connectivity index (χ0v) is 12.1. The van der Waals surface area contributed by atoms with Crippen LogP contribution in [0.5, 0.6) is 5.75 Å². The van der Waals surface area contributed by atoms with Crippen LogP contribution < -0.4 is 4.74 Å². The van der Waals surface area contributed by atoms with Crippen LogP contribution in [-0.4, -0.2) is 7.11 Å². The van der Waals surface area contributed by atoms with Crippen LogP contribution in [0.25, 0.3) is 10.1 Å². The van der Waals surface area contributed by atoms with Crippen molar-refractivity contribution in [2.24, 2.45) is 0 Å². The fourth-order valence-electron chi connectivity index (χ4n) is 1.36. The van der Waals surface area contributed by atoms with Crippen LogP contribution in [0, 0.1) is 3.57 Å². The molecular weight excluding hydrogens is 375 g/mol. The second-order valence-corrected chi connectivity index (χ2v) is 5.37. The fourth-order valence-corrected chi connectivity index (χ4v) is 4.11. The molecule has 0 radical (unpaired) electrons. The summed E-state index contributed by atoms with van der Waals surface area (Å²) in [5.74, 6) is 0.959. The first-order chi connectivity index (χ1) is 6.77. The van der Waals surface area contributed by atoms with Crippen LogP contribution in [0.1, 0.15) is 5.56 Å². The lowest BCUT2D eigenvalue weighted by molar-refractivity contribution is 0.412. The van der Waals surface area contributed by atoms with Crippen LogP contribution >= 0.6 is 49.9 Å². The number of hydrogen-bond acceptors (Lipinski definition) is 2. The van der Waals surface area contributed by atoms with Crippen LogP contribution in [-0.2, 0) is 5.33 Å². The van der Waals surface area contributed by atoms with Crippen molar-refractivity contribution in [1.82, 2.24) is 0 Å². The quantitative estimate of drug-likeness (QED) is 0.552. The Labute approximate surface area is 109 Å². The number of rotatable bonds is 2. The molecule has 0 N–H and O–H groups in total. The highest BCUT2D eigenvalue weighted by Crippen LogP contribution is 2.36. The lowest BCUT2D eigenvalue weighted by Gasteiger charge is -2.03. The third kappa shape index (κ3) is 1.67. The molecule has 0 fully saturated rings. The number of ether oxygens (including phenoxy) is 1. The van der Waals surface area contributed by atoms with Crippen molar-refractivity contribution in [2.75, 3.05) is 7.11 Å². The van der Waals surface area contributed by atoms with E-state index < -0.39 is 0 Å². The summed E-state index contributed by atoms with van der Waals surface area (Å²) in [6.07, 6.45) is 0. The van der Waals surface area contributed by atoms with Crippen LogP contribution in [0.3, 0.4) is 0 Å². The molecular formula is C10H8BrIOS. The first-order valence-electron chi connectivity index (χ1n) is 4.06. The normalized spacial score (nSPS) is 10.8. The summed E-state index contributed by atoms with van der Waals surface area (Å²) in [5.41, 5.74) is 1.35. The zero-order chi connectivity index (χ0) is 10.1. The molecule has 1 nitrogen and oxygen atoms in total. The molecule has 0 aliphatic heterocycles. The van der Waals surface area contributed by atoms with Crippen molar-refractivity contribution in [2.45, 2.75) is 5.33 Å². The molecule has 1 aromatic heterocycles. The SMILES string of the molecule is COc1ccc2c(CBr)csc2c1I. The second kappa shape index (κ2) is 4.37. The van der Waals surface area contributed by atoms with E-state index in [2.05, 4.69) is 50.0 Å². The zero-order valence-electron chi connectivity index (χ0n) is 7.51. The molecule has 0 bridgehead atoms. The number of methoxy groups -OCH3 is 1. The maximum absolute atomic E-state index is 5.28. The van der Waals surface area contributed by atoms with E-state index in [4.69, 9.17) is 4.74 Å². The van der Waals surface area contributed by atoms with Gasteiger partial charge in [-0.1, -0.05) is 15.9 Å². The Morgan fingerprint density at radius 3 is 2.93 bits per heavy atom. The van der Waals surface area contributed by atoms with E-state index in [0.717, 1.165) is 11.1 Å². The molecule has 0 unspecified atom stereocenters. The standard InChI is InChI=1S/C10H8BrIOS/c1-13-8-3-2-7-6(4-11)5-14-10(7)9(8)12/h2-3,5H,4H2,1H3. The highest BCUT2D eigenvalue weighted by Gasteiger charge is 2.09. The number of fused-ring (bicyclic) bond motifs is 1. The van der Waals surface area contributed by atoms with Gasteiger partial charge in [0.1, 0.15) is 5.75 Å². The number of thiophene rings is 1. The van der Waals surface area contributed by atoms with Gasteiger partial charge >= 0.3 is 0 Å². The van der Waals surface area contributed by atoms with Gasteiger partial charge in [0, 0.05) is 5.33 Å². The first kappa shape index (κ1) is 10.7. The Bertz CT molecular complexity index is 466. The molecule has 0 aliphatic rings. The summed E-state index contributed by atoms with van der Waals surface area (Å²) in [7, 11) is 1.71. The van der Waals surface area contributed by atoms with Gasteiger partial charge in [-0.25, -0.2) is 0 Å². The largest absolute Gasteiger partial charge is 0.496 e. The van der Waals surface area contributed by atoms with Crippen LogP contribution in [0.15, 0.2) is 17.5 Å². The van der Waals surface area contributed by atoms with Gasteiger partial charge in [0.2, 0.25) is 0 Å². The first-order valence-corrected chi connectivity index (χ1v) is 7.14. The van der Waals surface area contributed by atoms with Crippen molar-refractivity contribution < 1.29 is 4.74 Å². The number of hydrogen-bond donors (Lipinski definition) is 0. The van der Waals surface area contributed by atoms with Gasteiger partial charge in [-0.2, -0.15) is 0 Å². The van der Waals surface area contributed by atoms with Crippen LogP contribution in [0.4, 0.5) is 0 Å². The molecule has 0 saturated heterocycles. The third-order valence-electron chi connectivity index (χ3n) is 2.09. The summed E-state index contributed by atoms with van der Waals surface area (Å²) >= 11 is 7.61. The van der Waals surface area contributed by atoms with Gasteiger partial charge in [0.25, 0.3) is 0 Å². The molecule has 0 saturated carbocycles. The monoisotopic (exact) mass is 382 g/mol. The molecule has 2 aromatic rings. The van der Waals surface area contributed by atoms with Crippen molar-refractivity contribution in [3.63, 3.8) is 0 Å². The highest BCUT2D eigenvalue weighted by atomic mass is 127. The van der Waals surface area contributed by atoms with Gasteiger partial charge in [-0.15, -0.1) is 11.3 Å². The number of halogens is 2. The minimum absolute atomic E-state index is 0.912. The molecule has 74 valence electrons. The summed E-state index contributed by atoms with van der Waals surface area (Å²) in [4.78, 5) is 0. The minimum Gasteiger partial charge on any atom is -0.496 e. The Balaban J connectivity index is 2.72. The van der Waals surface area contributed by atoms with Crippen molar-refractivity contribution in [1.29, 1.82) is 0 Å². The molecule has 0 amide bonds. The summed E-state index contributed by atoms with van der Waals surface area (Å²) in [6, 6.07) is 4.16. The van der Waals surface area contributed by atoms with Gasteiger partial charge in [0.05, 0.1) is 15.4 Å². The molecule has 0 atom stereocenters. The Morgan fingerprint density at radius 2 is 2.29 bits per heavy atom. The van der Waals surface area contributed by atoms with Crippen molar-refractivity contribution in [3.05, 3.63) is 26.6 Å². The number of alkyl halides is 1. The molecule has 1 heterocycles. The van der Waals surface area contributed by atoms with E-state index in [0.29, 0.717) is 0 Å². The van der Waals surface area contributed by atoms with Gasteiger partial charge in [-0.3, -0.25) is 0 Å². The van der Waals surface area contributed by atoms with Gasteiger partial charge < -0.3 is 4.74 Å². The minimum atomic E-state index is 0.912. The van der Waals surface area contributed by atoms with Crippen molar-refractivity contribution >= 4 is 59.9 Å². The van der Waals surface area contributed by atoms with E-state index in [1.54, 1.807) is 18.4 Å². The molecule has 2 rings (SSSR count). The Kier molecular flexibility index (Phi) is 3.34. The predicted octanol–water partition coefficient (Wildman–Crippen LogP) is 4.41. The summed E-state index contributed by atoms with van der Waals surface area (Å²) < 4.78 is 7.81. The highest BCUT2D eigenvalue weighted by molar-refractivity contribution is 14.1. The lowest BCUT2D eigenvalue weighted by Crippen LogP contribution is -1.86. The molecule has 0 spiro atoms. The van der Waals surface area contributed by atoms with E-state index >= 15 is 0 Å². The molecule has 14 heavy (non-hydrogen) atoms.